The first-order valence-corrected chi connectivity index (χ1v) is 8.17. The summed E-state index contributed by atoms with van der Waals surface area (Å²) in [6.07, 6.45) is -0.609. The monoisotopic (exact) mass is 348 g/mol. The van der Waals surface area contributed by atoms with E-state index in [1.165, 1.54) is 5.01 Å². The van der Waals surface area contributed by atoms with Gasteiger partial charge >= 0.3 is 13.2 Å². The van der Waals surface area contributed by atoms with Gasteiger partial charge in [0.1, 0.15) is 6.29 Å². The highest BCUT2D eigenvalue weighted by Crippen LogP contribution is 2.36. The summed E-state index contributed by atoms with van der Waals surface area (Å²) in [7, 11) is 1.15. The maximum atomic E-state index is 11.2. The predicted octanol–water partition coefficient (Wildman–Crippen LogP) is 1.51. The Morgan fingerprint density at radius 1 is 1.24 bits per heavy atom. The van der Waals surface area contributed by atoms with Gasteiger partial charge < -0.3 is 19.2 Å². The first kappa shape index (κ1) is 19.4. The molecule has 1 aromatic carbocycles. The minimum atomic E-state index is -1.17. The van der Waals surface area contributed by atoms with Crippen LogP contribution in [0.3, 0.4) is 0 Å². The van der Waals surface area contributed by atoms with E-state index in [0.717, 1.165) is 16.0 Å². The second-order valence-corrected chi connectivity index (χ2v) is 7.18. The van der Waals surface area contributed by atoms with E-state index in [1.807, 2.05) is 52.0 Å². The maximum absolute atomic E-state index is 11.2. The van der Waals surface area contributed by atoms with Crippen LogP contribution in [0, 0.1) is 0 Å². The molecule has 7 nitrogen and oxygen atoms in total. The SMILES string of the molecule is CN(Cc1cccc(B2OC(C)(C)C(C)(C)O2)c1)N(CC=O)C(=O)O. The highest BCUT2D eigenvalue weighted by molar-refractivity contribution is 6.62. The van der Waals surface area contributed by atoms with E-state index in [0.29, 0.717) is 12.8 Å². The van der Waals surface area contributed by atoms with Crippen molar-refractivity contribution in [2.75, 3.05) is 13.6 Å². The molecule has 1 aliphatic heterocycles. The minimum absolute atomic E-state index is 0.206. The summed E-state index contributed by atoms with van der Waals surface area (Å²) in [5.74, 6) is 0. The van der Waals surface area contributed by atoms with Crippen molar-refractivity contribution in [1.82, 2.24) is 10.0 Å². The molecule has 0 unspecified atom stereocenters. The molecule has 0 saturated carbocycles. The Morgan fingerprint density at radius 3 is 2.36 bits per heavy atom. The second-order valence-electron chi connectivity index (χ2n) is 7.18. The molecule has 1 amide bonds. The molecule has 8 heteroatoms. The van der Waals surface area contributed by atoms with E-state index >= 15 is 0 Å². The normalized spacial score (nSPS) is 18.4. The number of carboxylic acid groups (broad SMARTS) is 1. The van der Waals surface area contributed by atoms with Gasteiger partial charge in [-0.15, -0.1) is 0 Å². The molecule has 1 aliphatic rings. The summed E-state index contributed by atoms with van der Waals surface area (Å²) >= 11 is 0. The maximum Gasteiger partial charge on any atom is 0.494 e. The molecule has 1 fully saturated rings. The first-order chi connectivity index (χ1) is 11.6. The second kappa shape index (κ2) is 7.15. The van der Waals surface area contributed by atoms with E-state index in [-0.39, 0.29) is 6.54 Å². The number of benzene rings is 1. The van der Waals surface area contributed by atoms with Gasteiger partial charge in [-0.25, -0.2) is 14.8 Å². The molecule has 0 aliphatic carbocycles. The highest BCUT2D eigenvalue weighted by atomic mass is 16.7. The van der Waals surface area contributed by atoms with Crippen molar-refractivity contribution in [3.63, 3.8) is 0 Å². The van der Waals surface area contributed by atoms with Gasteiger partial charge in [-0.05, 0) is 38.7 Å². The van der Waals surface area contributed by atoms with E-state index in [4.69, 9.17) is 9.31 Å². The van der Waals surface area contributed by atoms with Crippen molar-refractivity contribution in [1.29, 1.82) is 0 Å². The number of rotatable bonds is 6. The lowest BCUT2D eigenvalue weighted by molar-refractivity contribution is -0.112. The zero-order valence-corrected chi connectivity index (χ0v) is 15.4. The molecule has 136 valence electrons. The summed E-state index contributed by atoms with van der Waals surface area (Å²) in [6.45, 7) is 8.11. The number of amides is 1. The van der Waals surface area contributed by atoms with E-state index in [2.05, 4.69) is 0 Å². The van der Waals surface area contributed by atoms with E-state index in [9.17, 15) is 14.7 Å². The molecule has 1 aromatic rings. The van der Waals surface area contributed by atoms with Crippen LogP contribution in [-0.4, -0.2) is 59.4 Å². The van der Waals surface area contributed by atoms with Crippen molar-refractivity contribution in [3.8, 4) is 0 Å². The van der Waals surface area contributed by atoms with Crippen molar-refractivity contribution in [2.45, 2.75) is 45.4 Å². The van der Waals surface area contributed by atoms with Crippen LogP contribution in [0.2, 0.25) is 0 Å². The van der Waals surface area contributed by atoms with Crippen LogP contribution in [0.25, 0.3) is 0 Å². The fraction of sp³-hybridized carbons (Fsp3) is 0.529. The summed E-state index contributed by atoms with van der Waals surface area (Å²) in [6, 6.07) is 7.63. The molecule has 0 atom stereocenters. The lowest BCUT2D eigenvalue weighted by atomic mass is 9.78. The zero-order valence-electron chi connectivity index (χ0n) is 15.4. The van der Waals surface area contributed by atoms with Gasteiger partial charge in [0.05, 0.1) is 17.7 Å². The number of carbonyl (C=O) groups is 2. The Balaban J connectivity index is 2.14. The summed E-state index contributed by atoms with van der Waals surface area (Å²) in [5.41, 5.74) is 0.928. The minimum Gasteiger partial charge on any atom is -0.464 e. The Bertz CT molecular complexity index is 634. The van der Waals surface area contributed by atoms with Crippen LogP contribution in [-0.2, 0) is 20.6 Å². The largest absolute Gasteiger partial charge is 0.494 e. The van der Waals surface area contributed by atoms with Gasteiger partial charge in [-0.2, -0.15) is 0 Å². The van der Waals surface area contributed by atoms with Crippen LogP contribution in [0.1, 0.15) is 33.3 Å². The van der Waals surface area contributed by atoms with Crippen LogP contribution in [0.15, 0.2) is 24.3 Å². The van der Waals surface area contributed by atoms with Crippen LogP contribution in [0.5, 0.6) is 0 Å². The molecule has 1 heterocycles. The average molecular weight is 348 g/mol. The van der Waals surface area contributed by atoms with Gasteiger partial charge in [-0.3, -0.25) is 0 Å². The Hall–Kier alpha value is -1.90. The molecule has 0 bridgehead atoms. The summed E-state index contributed by atoms with van der Waals surface area (Å²) < 4.78 is 12.1. The molecule has 1 saturated heterocycles. The van der Waals surface area contributed by atoms with Crippen LogP contribution >= 0.6 is 0 Å². The van der Waals surface area contributed by atoms with Crippen molar-refractivity contribution >= 4 is 25.0 Å². The fourth-order valence-electron chi connectivity index (χ4n) is 2.60. The van der Waals surface area contributed by atoms with Crippen LogP contribution in [0.4, 0.5) is 4.79 Å². The molecule has 25 heavy (non-hydrogen) atoms. The smallest absolute Gasteiger partial charge is 0.464 e. The van der Waals surface area contributed by atoms with E-state index < -0.39 is 24.4 Å². The number of hydrazine groups is 1. The number of hydrogen-bond acceptors (Lipinski definition) is 5. The average Bonchev–Trinajstić information content (AvgIpc) is 2.73. The highest BCUT2D eigenvalue weighted by Gasteiger charge is 2.51. The summed E-state index contributed by atoms with van der Waals surface area (Å²) in [4.78, 5) is 21.9. The molecule has 0 radical (unpaired) electrons. The third-order valence-electron chi connectivity index (χ3n) is 4.77. The van der Waals surface area contributed by atoms with Gasteiger partial charge in [0, 0.05) is 13.6 Å². The zero-order chi connectivity index (χ0) is 18.8. The molecule has 0 spiro atoms. The number of carbonyl (C=O) groups excluding carboxylic acids is 1. The molecular weight excluding hydrogens is 323 g/mol. The topological polar surface area (TPSA) is 79.3 Å². The van der Waals surface area contributed by atoms with Gasteiger partial charge in [0.15, 0.2) is 0 Å². The fourth-order valence-corrected chi connectivity index (χ4v) is 2.60. The van der Waals surface area contributed by atoms with Crippen LogP contribution < -0.4 is 5.46 Å². The number of nitrogens with zero attached hydrogens (tertiary/aromatic N) is 2. The third-order valence-corrected chi connectivity index (χ3v) is 4.77. The number of aldehydes is 1. The molecule has 1 N–H and O–H groups in total. The standard InChI is InChI=1S/C17H25BN2O5/c1-16(2)17(3,4)25-18(24-16)14-8-6-7-13(11-14)12-19(5)20(9-10-21)15(22)23/h6-8,10-11H,9,12H2,1-5H3,(H,22,23). The van der Waals surface area contributed by atoms with Crippen molar-refractivity contribution < 1.29 is 24.0 Å². The van der Waals surface area contributed by atoms with E-state index in [1.54, 1.807) is 7.05 Å². The molecule has 0 aromatic heterocycles. The molecular formula is C17H25BN2O5. The Labute approximate surface area is 148 Å². The predicted molar refractivity (Wildman–Crippen MR) is 94.4 cm³/mol. The quantitative estimate of drug-likeness (QED) is 0.477. The van der Waals surface area contributed by atoms with Crippen molar-refractivity contribution in [3.05, 3.63) is 29.8 Å². The summed E-state index contributed by atoms with van der Waals surface area (Å²) in [5, 5.41) is 11.6. The van der Waals surface area contributed by atoms with Gasteiger partial charge in [-0.1, -0.05) is 24.3 Å². The van der Waals surface area contributed by atoms with Gasteiger partial charge in [0.25, 0.3) is 0 Å². The number of hydrogen-bond donors (Lipinski definition) is 1. The lowest BCUT2D eigenvalue weighted by Gasteiger charge is -2.32. The Kier molecular flexibility index (Phi) is 5.56. The Morgan fingerprint density at radius 2 is 1.84 bits per heavy atom. The van der Waals surface area contributed by atoms with Gasteiger partial charge in [0.2, 0.25) is 0 Å². The lowest BCUT2D eigenvalue weighted by Crippen LogP contribution is -2.44. The van der Waals surface area contributed by atoms with Crippen molar-refractivity contribution in [2.24, 2.45) is 0 Å². The first-order valence-electron chi connectivity index (χ1n) is 8.17. The third kappa shape index (κ3) is 4.20. The molecule has 2 rings (SSSR count).